The summed E-state index contributed by atoms with van der Waals surface area (Å²) in [4.78, 5) is 38.6. The highest BCUT2D eigenvalue weighted by Crippen LogP contribution is 2.35. The maximum Gasteiger partial charge on any atom is 0.254 e. The fraction of sp³-hybridized carbons (Fsp3) is 0.348. The second kappa shape index (κ2) is 9.51. The zero-order chi connectivity index (χ0) is 22.5. The molecule has 1 fully saturated rings. The number of phenolic OH excluding ortho intramolecular Hbond substituents is 3. The maximum atomic E-state index is 12.6. The van der Waals surface area contributed by atoms with Crippen LogP contribution in [0.1, 0.15) is 52.0 Å². The monoisotopic (exact) mass is 426 g/mol. The first-order valence-corrected chi connectivity index (χ1v) is 10.2. The fourth-order valence-electron chi connectivity index (χ4n) is 3.55. The van der Waals surface area contributed by atoms with E-state index in [1.165, 1.54) is 0 Å². The van der Waals surface area contributed by atoms with Gasteiger partial charge in [0.15, 0.2) is 23.0 Å². The van der Waals surface area contributed by atoms with Crippen molar-refractivity contribution in [3.63, 3.8) is 0 Å². The van der Waals surface area contributed by atoms with Gasteiger partial charge in [-0.25, -0.2) is 0 Å². The molecule has 0 spiro atoms. The molecule has 31 heavy (non-hydrogen) atoms. The number of ketones is 1. The lowest BCUT2D eigenvalue weighted by molar-refractivity contribution is -0.122. The molecule has 0 aromatic heterocycles. The van der Waals surface area contributed by atoms with E-state index in [1.54, 1.807) is 17.0 Å². The normalized spacial score (nSPS) is 14.3. The van der Waals surface area contributed by atoms with Crippen LogP contribution in [0.5, 0.6) is 17.2 Å². The van der Waals surface area contributed by atoms with Gasteiger partial charge in [0, 0.05) is 43.1 Å². The molecule has 1 aliphatic heterocycles. The van der Waals surface area contributed by atoms with E-state index in [9.17, 15) is 29.7 Å². The van der Waals surface area contributed by atoms with Crippen molar-refractivity contribution < 1.29 is 29.7 Å². The Morgan fingerprint density at radius 3 is 2.10 bits per heavy atom. The van der Waals surface area contributed by atoms with Crippen LogP contribution in [0.4, 0.5) is 0 Å². The van der Waals surface area contributed by atoms with Crippen molar-refractivity contribution in [1.29, 1.82) is 0 Å². The predicted molar refractivity (Wildman–Crippen MR) is 113 cm³/mol. The molecule has 8 heteroatoms. The molecule has 0 atom stereocenters. The number of nitrogens with zero attached hydrogens (tertiary/aromatic N) is 1. The molecule has 2 aromatic carbocycles. The van der Waals surface area contributed by atoms with Crippen LogP contribution in [-0.2, 0) is 4.79 Å². The summed E-state index contributed by atoms with van der Waals surface area (Å²) in [7, 11) is 0. The van der Waals surface area contributed by atoms with Crippen molar-refractivity contribution in [1.82, 2.24) is 10.2 Å². The number of carbonyl (C=O) groups excluding carboxylic acids is 3. The quantitative estimate of drug-likeness (QED) is 0.415. The first-order valence-electron chi connectivity index (χ1n) is 10.2. The number of benzene rings is 2. The number of phenols is 3. The molecule has 0 unspecified atom stereocenters. The van der Waals surface area contributed by atoms with Crippen LogP contribution in [0.2, 0.25) is 0 Å². The third-order valence-corrected chi connectivity index (χ3v) is 5.42. The van der Waals surface area contributed by atoms with Gasteiger partial charge in [0.2, 0.25) is 5.91 Å². The molecule has 0 bridgehead atoms. The zero-order valence-electron chi connectivity index (χ0n) is 17.3. The van der Waals surface area contributed by atoms with Gasteiger partial charge in [-0.15, -0.1) is 0 Å². The molecule has 1 heterocycles. The minimum Gasteiger partial charge on any atom is -0.504 e. The van der Waals surface area contributed by atoms with Crippen LogP contribution in [0.15, 0.2) is 36.4 Å². The summed E-state index contributed by atoms with van der Waals surface area (Å²) in [6.45, 7) is 2.74. The van der Waals surface area contributed by atoms with E-state index in [1.807, 2.05) is 19.1 Å². The summed E-state index contributed by atoms with van der Waals surface area (Å²) in [5.41, 5.74) is 1.74. The maximum absolute atomic E-state index is 12.6. The van der Waals surface area contributed by atoms with Gasteiger partial charge in [-0.1, -0.05) is 29.8 Å². The molecule has 8 nitrogen and oxygen atoms in total. The van der Waals surface area contributed by atoms with Crippen LogP contribution >= 0.6 is 0 Å². The smallest absolute Gasteiger partial charge is 0.254 e. The lowest BCUT2D eigenvalue weighted by Crippen LogP contribution is -2.46. The van der Waals surface area contributed by atoms with Crippen LogP contribution in [0.25, 0.3) is 0 Å². The summed E-state index contributed by atoms with van der Waals surface area (Å²) >= 11 is 0. The lowest BCUT2D eigenvalue weighted by Gasteiger charge is -2.32. The number of rotatable bonds is 6. The van der Waals surface area contributed by atoms with Crippen LogP contribution in [0.3, 0.4) is 0 Å². The van der Waals surface area contributed by atoms with Crippen LogP contribution in [-0.4, -0.2) is 56.9 Å². The predicted octanol–water partition coefficient (Wildman–Crippen LogP) is 2.50. The number of aromatic hydroxyl groups is 3. The van der Waals surface area contributed by atoms with Crippen LogP contribution in [0, 0.1) is 6.92 Å². The zero-order valence-corrected chi connectivity index (χ0v) is 17.3. The fourth-order valence-corrected chi connectivity index (χ4v) is 3.55. The summed E-state index contributed by atoms with van der Waals surface area (Å²) in [5, 5.41) is 31.5. The Bertz CT molecular complexity index is 955. The number of aryl methyl sites for hydroxylation is 1. The highest BCUT2D eigenvalue weighted by atomic mass is 16.3. The highest BCUT2D eigenvalue weighted by Gasteiger charge is 2.26. The summed E-state index contributed by atoms with van der Waals surface area (Å²) < 4.78 is 0. The third kappa shape index (κ3) is 5.53. The SMILES string of the molecule is Cc1ccc(C(=O)CCC(=O)NC2CCN(C(=O)c3cc(O)c(O)c(O)c3)CC2)cc1. The molecule has 2 amide bonds. The van der Waals surface area contributed by atoms with Crippen molar-refractivity contribution in [2.75, 3.05) is 13.1 Å². The van der Waals surface area contributed by atoms with Gasteiger partial charge in [-0.05, 0) is 31.9 Å². The van der Waals surface area contributed by atoms with E-state index in [4.69, 9.17) is 0 Å². The molecule has 164 valence electrons. The molecule has 4 N–H and O–H groups in total. The molecular weight excluding hydrogens is 400 g/mol. The van der Waals surface area contributed by atoms with Crippen molar-refractivity contribution in [2.24, 2.45) is 0 Å². The molecule has 0 radical (unpaired) electrons. The molecule has 1 aliphatic rings. The molecule has 1 saturated heterocycles. The van der Waals surface area contributed by atoms with Gasteiger partial charge in [-0.3, -0.25) is 14.4 Å². The van der Waals surface area contributed by atoms with E-state index in [0.29, 0.717) is 31.5 Å². The molecule has 2 aromatic rings. The topological polar surface area (TPSA) is 127 Å². The largest absolute Gasteiger partial charge is 0.504 e. The average molecular weight is 426 g/mol. The Hall–Kier alpha value is -3.55. The van der Waals surface area contributed by atoms with E-state index in [-0.39, 0.29) is 42.0 Å². The number of carbonyl (C=O) groups is 3. The first kappa shape index (κ1) is 22.1. The molecule has 0 saturated carbocycles. The minimum absolute atomic E-state index is 0.0732. The Morgan fingerprint density at radius 1 is 0.935 bits per heavy atom. The van der Waals surface area contributed by atoms with Crippen molar-refractivity contribution in [2.45, 2.75) is 38.6 Å². The first-order chi connectivity index (χ1) is 14.7. The van der Waals surface area contributed by atoms with Crippen LogP contribution < -0.4 is 5.32 Å². The van der Waals surface area contributed by atoms with E-state index >= 15 is 0 Å². The van der Waals surface area contributed by atoms with Crippen molar-refractivity contribution in [3.05, 3.63) is 53.1 Å². The van der Waals surface area contributed by atoms with Gasteiger partial charge in [0.1, 0.15) is 0 Å². The Morgan fingerprint density at radius 2 is 1.52 bits per heavy atom. The number of nitrogens with one attached hydrogen (secondary N) is 1. The number of hydrogen-bond donors (Lipinski definition) is 4. The summed E-state index contributed by atoms with van der Waals surface area (Å²) in [6.07, 6.45) is 1.36. The van der Waals surface area contributed by atoms with E-state index in [2.05, 4.69) is 5.32 Å². The Kier molecular flexibility index (Phi) is 6.79. The van der Waals surface area contributed by atoms with Crippen molar-refractivity contribution >= 4 is 17.6 Å². The van der Waals surface area contributed by atoms with Gasteiger partial charge >= 0.3 is 0 Å². The number of piperidine rings is 1. The van der Waals surface area contributed by atoms with Gasteiger partial charge in [0.25, 0.3) is 5.91 Å². The highest BCUT2D eigenvalue weighted by molar-refractivity contribution is 5.98. The standard InChI is InChI=1S/C23H26N2O6/c1-14-2-4-15(5-3-14)18(26)6-7-21(29)24-17-8-10-25(11-9-17)23(31)16-12-19(27)22(30)20(28)13-16/h2-5,12-13,17,27-28,30H,6-11H2,1H3,(H,24,29). The lowest BCUT2D eigenvalue weighted by atomic mass is 10.0. The second-order valence-corrected chi connectivity index (χ2v) is 7.79. The summed E-state index contributed by atoms with van der Waals surface area (Å²) in [5.74, 6) is -2.44. The van der Waals surface area contributed by atoms with Crippen molar-refractivity contribution in [3.8, 4) is 17.2 Å². The minimum atomic E-state index is -0.668. The summed E-state index contributed by atoms with van der Waals surface area (Å²) in [6, 6.07) is 9.37. The second-order valence-electron chi connectivity index (χ2n) is 7.79. The van der Waals surface area contributed by atoms with E-state index < -0.39 is 17.2 Å². The Labute approximate surface area is 180 Å². The number of likely N-dealkylation sites (tertiary alicyclic amines) is 1. The van der Waals surface area contributed by atoms with Gasteiger partial charge in [-0.2, -0.15) is 0 Å². The average Bonchev–Trinajstić information content (AvgIpc) is 2.76. The molecule has 3 rings (SSSR count). The number of amides is 2. The number of hydrogen-bond acceptors (Lipinski definition) is 6. The number of Topliss-reactive ketones (excluding diaryl/α,β-unsaturated/α-hetero) is 1. The third-order valence-electron chi connectivity index (χ3n) is 5.42. The Balaban J connectivity index is 1.45. The van der Waals surface area contributed by atoms with E-state index in [0.717, 1.165) is 17.7 Å². The van der Waals surface area contributed by atoms with Gasteiger partial charge in [0.05, 0.1) is 0 Å². The molecule has 0 aliphatic carbocycles. The van der Waals surface area contributed by atoms with Gasteiger partial charge < -0.3 is 25.5 Å². The molecular formula is C23H26N2O6.